The number of rotatable bonds is 5. The fraction of sp³-hybridized carbons (Fsp3) is 0.348. The monoisotopic (exact) mass is 504 g/mol. The van der Waals surface area contributed by atoms with Crippen LogP contribution in [0.2, 0.25) is 0 Å². The fourth-order valence-corrected chi connectivity index (χ4v) is 4.81. The van der Waals surface area contributed by atoms with Gasteiger partial charge in [0, 0.05) is 12.6 Å². The summed E-state index contributed by atoms with van der Waals surface area (Å²) >= 11 is 0. The number of hydrogen-bond donors (Lipinski definition) is 2. The van der Waals surface area contributed by atoms with Gasteiger partial charge in [-0.25, -0.2) is 17.6 Å². The highest BCUT2D eigenvalue weighted by Crippen LogP contribution is 2.39. The summed E-state index contributed by atoms with van der Waals surface area (Å²) in [5.41, 5.74) is -0.802. The predicted octanol–water partition coefficient (Wildman–Crippen LogP) is 3.14. The molecule has 0 bridgehead atoms. The van der Waals surface area contributed by atoms with Crippen molar-refractivity contribution < 1.29 is 31.9 Å². The number of halogens is 1. The van der Waals surface area contributed by atoms with Crippen molar-refractivity contribution in [2.45, 2.75) is 44.3 Å². The second-order valence-corrected chi connectivity index (χ2v) is 10.6. The van der Waals surface area contributed by atoms with Crippen molar-refractivity contribution in [3.05, 3.63) is 47.8 Å². The molecule has 1 aliphatic rings. The number of amides is 2. The van der Waals surface area contributed by atoms with Crippen LogP contribution >= 0.6 is 0 Å². The molecule has 1 heterocycles. The second kappa shape index (κ2) is 9.79. The Labute approximate surface area is 202 Å². The lowest BCUT2D eigenvalue weighted by molar-refractivity contribution is -0.119. The maximum absolute atomic E-state index is 13.8. The van der Waals surface area contributed by atoms with Gasteiger partial charge >= 0.3 is 6.09 Å². The molecule has 1 unspecified atom stereocenters. The molecule has 3 rings (SSSR count). The molecule has 186 valence electrons. The number of nitriles is 1. The van der Waals surface area contributed by atoms with Crippen LogP contribution < -0.4 is 19.7 Å². The van der Waals surface area contributed by atoms with Gasteiger partial charge in [-0.3, -0.25) is 14.4 Å². The number of sulfonamides is 1. The molecule has 2 aromatic rings. The Balaban J connectivity index is 2.03. The maximum Gasteiger partial charge on any atom is 0.412 e. The minimum absolute atomic E-state index is 0.0333. The van der Waals surface area contributed by atoms with E-state index < -0.39 is 39.2 Å². The van der Waals surface area contributed by atoms with Crippen molar-refractivity contribution in [2.24, 2.45) is 0 Å². The van der Waals surface area contributed by atoms with Gasteiger partial charge in [0.15, 0.2) is 0 Å². The number of carbonyl (C=O) groups excluding carboxylic acids is 2. The largest absolute Gasteiger partial charge is 0.484 e. The van der Waals surface area contributed by atoms with E-state index in [1.165, 1.54) is 25.1 Å². The molecule has 0 fully saturated rings. The lowest BCUT2D eigenvalue weighted by Gasteiger charge is -2.35. The van der Waals surface area contributed by atoms with E-state index in [0.717, 1.165) is 22.5 Å². The molecule has 10 nitrogen and oxygen atoms in total. The third-order valence-electron chi connectivity index (χ3n) is 4.76. The van der Waals surface area contributed by atoms with Crippen LogP contribution in [-0.4, -0.2) is 45.2 Å². The number of fused-ring (bicyclic) bond motifs is 1. The maximum atomic E-state index is 13.8. The quantitative estimate of drug-likeness (QED) is 0.638. The van der Waals surface area contributed by atoms with E-state index in [4.69, 9.17) is 14.7 Å². The Kier molecular flexibility index (Phi) is 7.21. The molecule has 0 saturated heterocycles. The van der Waals surface area contributed by atoms with Crippen molar-refractivity contribution >= 4 is 33.4 Å². The molecule has 2 amide bonds. The summed E-state index contributed by atoms with van der Waals surface area (Å²) in [5.74, 6) is -0.975. The van der Waals surface area contributed by atoms with Crippen LogP contribution in [0.25, 0.3) is 0 Å². The highest BCUT2D eigenvalue weighted by molar-refractivity contribution is 7.92. The van der Waals surface area contributed by atoms with Crippen LogP contribution in [0.4, 0.5) is 20.6 Å². The summed E-state index contributed by atoms with van der Waals surface area (Å²) in [5, 5.41) is 14.3. The van der Waals surface area contributed by atoms with Gasteiger partial charge < -0.3 is 14.8 Å². The molecule has 0 radical (unpaired) electrons. The number of hydrogen-bond acceptors (Lipinski definition) is 7. The Bertz CT molecular complexity index is 1300. The van der Waals surface area contributed by atoms with Crippen molar-refractivity contribution in [2.75, 3.05) is 22.7 Å². The van der Waals surface area contributed by atoms with Gasteiger partial charge in [-0.2, -0.15) is 5.26 Å². The Morgan fingerprint density at radius 2 is 1.97 bits per heavy atom. The molecule has 0 spiro atoms. The van der Waals surface area contributed by atoms with Gasteiger partial charge in [0.1, 0.15) is 29.3 Å². The smallest absolute Gasteiger partial charge is 0.412 e. The first-order valence-corrected chi connectivity index (χ1v) is 12.0. The molecule has 0 saturated carbocycles. The predicted molar refractivity (Wildman–Crippen MR) is 125 cm³/mol. The molecular weight excluding hydrogens is 479 g/mol. The van der Waals surface area contributed by atoms with E-state index in [0.29, 0.717) is 0 Å². The normalized spacial score (nSPS) is 15.3. The van der Waals surface area contributed by atoms with Gasteiger partial charge in [0.05, 0.1) is 29.2 Å². The Morgan fingerprint density at radius 1 is 1.26 bits per heavy atom. The highest BCUT2D eigenvalue weighted by atomic mass is 32.2. The molecule has 35 heavy (non-hydrogen) atoms. The number of nitrogens with zero attached hydrogens (tertiary/aromatic N) is 2. The summed E-state index contributed by atoms with van der Waals surface area (Å²) in [6, 6.07) is 8.94. The average Bonchev–Trinajstić information content (AvgIpc) is 2.76. The Hall–Kier alpha value is -3.85. The second-order valence-electron chi connectivity index (χ2n) is 8.78. The molecule has 2 aromatic carbocycles. The van der Waals surface area contributed by atoms with Crippen molar-refractivity contribution in [3.8, 4) is 11.8 Å². The highest BCUT2D eigenvalue weighted by Gasteiger charge is 2.35. The van der Waals surface area contributed by atoms with Gasteiger partial charge in [-0.15, -0.1) is 0 Å². The zero-order chi connectivity index (χ0) is 26.0. The summed E-state index contributed by atoms with van der Waals surface area (Å²) in [7, 11) is -4.29. The molecule has 2 N–H and O–H groups in total. The van der Waals surface area contributed by atoms with E-state index in [2.05, 4.69) is 10.6 Å². The molecule has 12 heteroatoms. The van der Waals surface area contributed by atoms with Gasteiger partial charge in [-0.05, 0) is 57.2 Å². The van der Waals surface area contributed by atoms with Crippen molar-refractivity contribution in [1.82, 2.24) is 5.32 Å². The molecule has 1 aliphatic heterocycles. The average molecular weight is 505 g/mol. The van der Waals surface area contributed by atoms with E-state index in [1.54, 1.807) is 26.8 Å². The zero-order valence-electron chi connectivity index (χ0n) is 19.6. The first-order chi connectivity index (χ1) is 16.3. The van der Waals surface area contributed by atoms with E-state index in [-0.39, 0.29) is 41.0 Å². The van der Waals surface area contributed by atoms with Crippen molar-refractivity contribution in [1.29, 1.82) is 5.26 Å². The summed E-state index contributed by atoms with van der Waals surface area (Å²) in [6.07, 6.45) is -1.47. The molecule has 0 aliphatic carbocycles. The lowest BCUT2D eigenvalue weighted by atomic mass is 10.2. The third kappa shape index (κ3) is 6.19. The van der Waals surface area contributed by atoms with Crippen LogP contribution in [0.1, 0.15) is 33.3 Å². The van der Waals surface area contributed by atoms with E-state index in [1.807, 2.05) is 0 Å². The van der Waals surface area contributed by atoms with Crippen LogP contribution in [0.5, 0.6) is 5.75 Å². The topological polar surface area (TPSA) is 138 Å². The van der Waals surface area contributed by atoms with Crippen molar-refractivity contribution in [3.63, 3.8) is 0 Å². The minimum Gasteiger partial charge on any atom is -0.484 e. The van der Waals surface area contributed by atoms with E-state index in [9.17, 15) is 22.4 Å². The number of benzene rings is 2. The Morgan fingerprint density at radius 3 is 2.60 bits per heavy atom. The lowest BCUT2D eigenvalue weighted by Crippen LogP contribution is -2.48. The molecular formula is C23H25FN4O6S. The zero-order valence-corrected chi connectivity index (χ0v) is 20.4. The fourth-order valence-electron chi connectivity index (χ4n) is 3.28. The summed E-state index contributed by atoms with van der Waals surface area (Å²) in [4.78, 5) is 23.3. The number of carbonyl (C=O) groups is 2. The summed E-state index contributed by atoms with van der Waals surface area (Å²) < 4.78 is 53.1. The first-order valence-electron chi connectivity index (χ1n) is 10.6. The van der Waals surface area contributed by atoms with Crippen LogP contribution in [0.15, 0.2) is 41.3 Å². The van der Waals surface area contributed by atoms with Crippen LogP contribution in [0, 0.1) is 17.1 Å². The minimum atomic E-state index is -4.29. The third-order valence-corrected chi connectivity index (χ3v) is 6.54. The van der Waals surface area contributed by atoms with Crippen LogP contribution in [-0.2, 0) is 19.6 Å². The number of ether oxygens (including phenoxy) is 2. The standard InChI is InChI=1S/C23H25FN4O6S/c1-14(29)26-12-17-13-28(35(31,32)18-6-7-19(24)15(9-18)11-25)20-10-16(5-8-21(20)33-17)27-22(30)34-23(2,3)4/h5-10,17H,12-13H2,1-4H3,(H,26,29)(H,27,30). The molecule has 1 atom stereocenters. The van der Waals surface area contributed by atoms with Gasteiger partial charge in [0.25, 0.3) is 10.0 Å². The SMILES string of the molecule is CC(=O)NCC1CN(S(=O)(=O)c2ccc(F)c(C#N)c2)c2cc(NC(=O)OC(C)(C)C)ccc2O1. The van der Waals surface area contributed by atoms with Gasteiger partial charge in [-0.1, -0.05) is 0 Å². The van der Waals surface area contributed by atoms with Crippen LogP contribution in [0.3, 0.4) is 0 Å². The van der Waals surface area contributed by atoms with Gasteiger partial charge in [0.2, 0.25) is 5.91 Å². The molecule has 0 aromatic heterocycles. The summed E-state index contributed by atoms with van der Waals surface area (Å²) in [6.45, 7) is 6.27. The number of anilines is 2. The number of nitrogens with one attached hydrogen (secondary N) is 2. The van der Waals surface area contributed by atoms with E-state index >= 15 is 0 Å². The first kappa shape index (κ1) is 25.8.